The summed E-state index contributed by atoms with van der Waals surface area (Å²) in [5.41, 5.74) is 5.70. The molecule has 3 nitrogen and oxygen atoms in total. The first-order valence-electron chi connectivity index (χ1n) is 4.41. The van der Waals surface area contributed by atoms with Crippen molar-refractivity contribution in [3.05, 3.63) is 35.6 Å². The zero-order valence-corrected chi connectivity index (χ0v) is 8.91. The van der Waals surface area contributed by atoms with Gasteiger partial charge in [0.15, 0.2) is 0 Å². The number of ether oxygens (including phenoxy) is 1. The highest BCUT2D eigenvalue weighted by Gasteiger charge is 2.13. The molecule has 0 saturated heterocycles. The second-order valence-corrected chi connectivity index (χ2v) is 3.35. The van der Waals surface area contributed by atoms with E-state index in [9.17, 15) is 9.18 Å². The van der Waals surface area contributed by atoms with E-state index in [2.05, 4.69) is 12.6 Å². The zero-order valence-electron chi connectivity index (χ0n) is 8.02. The van der Waals surface area contributed by atoms with Gasteiger partial charge in [0.1, 0.15) is 18.5 Å². The Balaban J connectivity index is 2.51. The second-order valence-electron chi connectivity index (χ2n) is 2.99. The fraction of sp³-hybridized carbons (Fsp3) is 0.300. The Hall–Kier alpha value is -1.07. The van der Waals surface area contributed by atoms with Crippen LogP contribution in [0.2, 0.25) is 0 Å². The van der Waals surface area contributed by atoms with Crippen LogP contribution in [0.4, 0.5) is 4.39 Å². The van der Waals surface area contributed by atoms with Gasteiger partial charge < -0.3 is 10.5 Å². The molecule has 1 unspecified atom stereocenters. The van der Waals surface area contributed by atoms with Crippen LogP contribution in [-0.4, -0.2) is 17.8 Å². The summed E-state index contributed by atoms with van der Waals surface area (Å²) in [4.78, 5) is 11.1. The smallest absolute Gasteiger partial charge is 0.324 e. The van der Waals surface area contributed by atoms with Gasteiger partial charge in [-0.1, -0.05) is 18.2 Å². The molecule has 0 aliphatic carbocycles. The van der Waals surface area contributed by atoms with Crippen molar-refractivity contribution in [3.8, 4) is 0 Å². The lowest BCUT2D eigenvalue weighted by Gasteiger charge is -2.09. The maximum atomic E-state index is 13.1. The molecule has 0 radical (unpaired) electrons. The molecule has 0 aromatic heterocycles. The van der Waals surface area contributed by atoms with E-state index in [0.717, 1.165) is 0 Å². The predicted molar refractivity (Wildman–Crippen MR) is 58.0 cm³/mol. The summed E-state index contributed by atoms with van der Waals surface area (Å²) in [6.45, 7) is -0.104. The van der Waals surface area contributed by atoms with Crippen LogP contribution in [0.3, 0.4) is 0 Å². The Morgan fingerprint density at radius 1 is 1.53 bits per heavy atom. The monoisotopic (exact) mass is 229 g/mol. The fourth-order valence-corrected chi connectivity index (χ4v) is 1.09. The van der Waals surface area contributed by atoms with E-state index in [-0.39, 0.29) is 12.4 Å². The lowest BCUT2D eigenvalue weighted by molar-refractivity contribution is -0.145. The summed E-state index contributed by atoms with van der Waals surface area (Å²) < 4.78 is 17.9. The van der Waals surface area contributed by atoms with Gasteiger partial charge in [0.25, 0.3) is 0 Å². The number of hydrogen-bond acceptors (Lipinski definition) is 4. The molecule has 0 saturated carbocycles. The van der Waals surface area contributed by atoms with Gasteiger partial charge >= 0.3 is 5.97 Å². The summed E-state index contributed by atoms with van der Waals surface area (Å²) in [5.74, 6) is -0.770. The Morgan fingerprint density at radius 2 is 2.20 bits per heavy atom. The van der Waals surface area contributed by atoms with Gasteiger partial charge in [-0.05, 0) is 6.07 Å². The maximum absolute atomic E-state index is 13.1. The van der Waals surface area contributed by atoms with Crippen LogP contribution >= 0.6 is 12.6 Å². The third kappa shape index (κ3) is 3.53. The van der Waals surface area contributed by atoms with E-state index < -0.39 is 17.8 Å². The quantitative estimate of drug-likeness (QED) is 0.601. The van der Waals surface area contributed by atoms with Crippen molar-refractivity contribution in [1.29, 1.82) is 0 Å². The van der Waals surface area contributed by atoms with Gasteiger partial charge in [-0.25, -0.2) is 4.39 Å². The van der Waals surface area contributed by atoms with Crippen molar-refractivity contribution in [3.63, 3.8) is 0 Å². The van der Waals surface area contributed by atoms with E-state index in [4.69, 9.17) is 10.5 Å². The van der Waals surface area contributed by atoms with Crippen molar-refractivity contribution in [2.24, 2.45) is 5.73 Å². The molecule has 2 N–H and O–H groups in total. The van der Waals surface area contributed by atoms with E-state index in [0.29, 0.717) is 5.56 Å². The van der Waals surface area contributed by atoms with Crippen LogP contribution in [0.1, 0.15) is 5.56 Å². The van der Waals surface area contributed by atoms with Gasteiger partial charge in [0, 0.05) is 11.3 Å². The molecule has 0 heterocycles. The second kappa shape index (κ2) is 5.72. The highest BCUT2D eigenvalue weighted by atomic mass is 32.1. The van der Waals surface area contributed by atoms with Crippen LogP contribution in [0.15, 0.2) is 24.3 Å². The number of nitrogens with two attached hydrogens (primary N) is 1. The minimum absolute atomic E-state index is 0.104. The summed E-state index contributed by atoms with van der Waals surface area (Å²) in [6, 6.07) is 5.33. The predicted octanol–water partition coefficient (Wildman–Crippen LogP) is 1.13. The fourth-order valence-electron chi connectivity index (χ4n) is 0.946. The van der Waals surface area contributed by atoms with Gasteiger partial charge in [0.05, 0.1) is 0 Å². The highest BCUT2D eigenvalue weighted by Crippen LogP contribution is 2.07. The van der Waals surface area contributed by atoms with Crippen molar-refractivity contribution in [2.45, 2.75) is 12.6 Å². The molecule has 15 heavy (non-hydrogen) atoms. The molecule has 82 valence electrons. The summed E-state index contributed by atoms with van der Waals surface area (Å²) in [5, 5.41) is 0. The molecule has 0 fully saturated rings. The molecule has 0 aliphatic heterocycles. The topological polar surface area (TPSA) is 52.3 Å². The number of carbonyl (C=O) groups is 1. The van der Waals surface area contributed by atoms with E-state index in [1.807, 2.05) is 0 Å². The Bertz CT molecular complexity index is 346. The van der Waals surface area contributed by atoms with E-state index in [1.165, 1.54) is 6.07 Å². The van der Waals surface area contributed by atoms with Gasteiger partial charge in [-0.3, -0.25) is 4.79 Å². The lowest BCUT2D eigenvalue weighted by Crippen LogP contribution is -2.33. The van der Waals surface area contributed by atoms with Crippen LogP contribution in [0.5, 0.6) is 0 Å². The number of hydrogen-bond donors (Lipinski definition) is 2. The van der Waals surface area contributed by atoms with Crippen molar-refractivity contribution >= 4 is 18.6 Å². The highest BCUT2D eigenvalue weighted by molar-refractivity contribution is 7.80. The average Bonchev–Trinajstić information content (AvgIpc) is 2.26. The zero-order chi connectivity index (χ0) is 11.3. The molecule has 1 rings (SSSR count). The van der Waals surface area contributed by atoms with Crippen molar-refractivity contribution < 1.29 is 13.9 Å². The van der Waals surface area contributed by atoms with Crippen molar-refractivity contribution in [1.82, 2.24) is 0 Å². The molecule has 0 aliphatic rings. The normalized spacial score (nSPS) is 12.2. The molecule has 0 spiro atoms. The lowest BCUT2D eigenvalue weighted by atomic mass is 10.2. The molecular formula is C10H12FNO2S. The van der Waals surface area contributed by atoms with Crippen LogP contribution in [-0.2, 0) is 16.1 Å². The first-order chi connectivity index (χ1) is 7.15. The Kier molecular flexibility index (Phi) is 4.58. The largest absolute Gasteiger partial charge is 0.460 e. The average molecular weight is 229 g/mol. The first-order valence-corrected chi connectivity index (χ1v) is 5.05. The van der Waals surface area contributed by atoms with Crippen molar-refractivity contribution in [2.75, 3.05) is 5.75 Å². The van der Waals surface area contributed by atoms with Crippen LogP contribution in [0.25, 0.3) is 0 Å². The van der Waals surface area contributed by atoms with Gasteiger partial charge in [0.2, 0.25) is 0 Å². The third-order valence-electron chi connectivity index (χ3n) is 1.83. The van der Waals surface area contributed by atoms with E-state index in [1.54, 1.807) is 18.2 Å². The minimum atomic E-state index is -0.764. The maximum Gasteiger partial charge on any atom is 0.324 e. The molecule has 1 atom stereocenters. The number of halogens is 1. The number of rotatable bonds is 4. The molecule has 0 bridgehead atoms. The molecular weight excluding hydrogens is 217 g/mol. The summed E-state index contributed by atoms with van der Waals surface area (Å²) in [7, 11) is 0. The van der Waals surface area contributed by atoms with Gasteiger partial charge in [-0.2, -0.15) is 12.6 Å². The standard InChI is InChI=1S/C10H12FNO2S/c11-8-4-2-1-3-7(8)5-14-10(13)9(12)6-15/h1-4,9,15H,5-6,12H2. The number of thiol groups is 1. The number of benzene rings is 1. The first kappa shape index (κ1) is 12.0. The molecule has 1 aromatic carbocycles. The van der Waals surface area contributed by atoms with E-state index >= 15 is 0 Å². The summed E-state index contributed by atoms with van der Waals surface area (Å²) in [6.07, 6.45) is 0. The Morgan fingerprint density at radius 3 is 2.80 bits per heavy atom. The molecule has 1 aromatic rings. The number of esters is 1. The van der Waals surface area contributed by atoms with Crippen LogP contribution in [0, 0.1) is 5.82 Å². The molecule has 5 heteroatoms. The summed E-state index contributed by atoms with van der Waals surface area (Å²) >= 11 is 3.86. The van der Waals surface area contributed by atoms with Gasteiger partial charge in [-0.15, -0.1) is 0 Å². The Labute approximate surface area is 92.8 Å². The molecule has 0 amide bonds. The minimum Gasteiger partial charge on any atom is -0.460 e. The number of carbonyl (C=O) groups excluding carboxylic acids is 1. The van der Waals surface area contributed by atoms with Crippen LogP contribution < -0.4 is 5.73 Å². The third-order valence-corrected chi connectivity index (χ3v) is 2.22. The SMILES string of the molecule is NC(CS)C(=O)OCc1ccccc1F.